The van der Waals surface area contributed by atoms with Gasteiger partial charge in [0.25, 0.3) is 0 Å². The van der Waals surface area contributed by atoms with Gasteiger partial charge in [0, 0.05) is 25.7 Å². The molecule has 0 saturated carbocycles. The van der Waals surface area contributed by atoms with E-state index < -0.39 is 0 Å². The molecule has 0 aliphatic heterocycles. The number of unbranched alkanes of at least 4 members (excludes halogenated alkanes) is 1. The second-order valence-electron chi connectivity index (χ2n) is 8.56. The first-order chi connectivity index (χ1) is 18.5. The zero-order valence-electron chi connectivity index (χ0n) is 20.6. The van der Waals surface area contributed by atoms with Crippen molar-refractivity contribution < 1.29 is 19.8 Å². The number of para-hydroxylation sites is 2. The lowest BCUT2D eigenvalue weighted by Gasteiger charge is -2.03. The molecular formula is C26H28N6O4S2. The number of phenols is 2. The van der Waals surface area contributed by atoms with Crippen LogP contribution in [0.25, 0.3) is 0 Å². The summed E-state index contributed by atoms with van der Waals surface area (Å²) in [5.74, 6) is 0.0316. The topological polar surface area (TPSA) is 150 Å². The zero-order valence-corrected chi connectivity index (χ0v) is 22.2. The van der Waals surface area contributed by atoms with Gasteiger partial charge in [-0.2, -0.15) is 0 Å². The zero-order chi connectivity index (χ0) is 26.7. The Hall–Kier alpha value is -3.90. The Morgan fingerprint density at radius 2 is 1.05 bits per heavy atom. The van der Waals surface area contributed by atoms with Crippen LogP contribution in [0.2, 0.25) is 0 Å². The highest BCUT2D eigenvalue weighted by Gasteiger charge is 2.12. The molecule has 10 nitrogen and oxygen atoms in total. The molecule has 4 N–H and O–H groups in total. The van der Waals surface area contributed by atoms with Crippen LogP contribution in [0, 0.1) is 0 Å². The normalized spacial score (nSPS) is 10.8. The molecule has 0 fully saturated rings. The van der Waals surface area contributed by atoms with Crippen molar-refractivity contribution in [2.45, 2.75) is 51.4 Å². The Labute approximate surface area is 227 Å². The predicted octanol–water partition coefficient (Wildman–Crippen LogP) is 4.51. The summed E-state index contributed by atoms with van der Waals surface area (Å²) in [5.41, 5.74) is 1.46. The number of nitrogens with one attached hydrogen (secondary N) is 2. The minimum Gasteiger partial charge on any atom is -0.508 e. The number of hydrogen-bond acceptors (Lipinski definition) is 10. The van der Waals surface area contributed by atoms with Gasteiger partial charge in [-0.1, -0.05) is 59.1 Å². The van der Waals surface area contributed by atoms with E-state index >= 15 is 0 Å². The van der Waals surface area contributed by atoms with Gasteiger partial charge in [0.05, 0.1) is 0 Å². The first-order valence-corrected chi connectivity index (χ1v) is 13.9. The first-order valence-electron chi connectivity index (χ1n) is 12.2. The van der Waals surface area contributed by atoms with Crippen LogP contribution in [-0.4, -0.2) is 42.4 Å². The average molecular weight is 553 g/mol. The molecule has 12 heteroatoms. The lowest BCUT2D eigenvalue weighted by Crippen LogP contribution is -2.12. The van der Waals surface area contributed by atoms with Crippen LogP contribution in [-0.2, 0) is 35.3 Å². The van der Waals surface area contributed by atoms with Gasteiger partial charge in [0.15, 0.2) is 0 Å². The number of anilines is 2. The van der Waals surface area contributed by atoms with E-state index in [-0.39, 0.29) is 36.2 Å². The van der Waals surface area contributed by atoms with Crippen molar-refractivity contribution in [2.75, 3.05) is 10.6 Å². The lowest BCUT2D eigenvalue weighted by molar-refractivity contribution is -0.117. The summed E-state index contributed by atoms with van der Waals surface area (Å²) in [5, 5.41) is 44.2. The Bertz CT molecular complexity index is 1270. The summed E-state index contributed by atoms with van der Waals surface area (Å²) in [7, 11) is 0. The van der Waals surface area contributed by atoms with Gasteiger partial charge in [0.2, 0.25) is 22.1 Å². The minimum absolute atomic E-state index is 0.173. The number of carbonyl (C=O) groups excluding carboxylic acids is 2. The number of aromatic nitrogens is 4. The van der Waals surface area contributed by atoms with E-state index in [1.165, 1.54) is 22.7 Å². The summed E-state index contributed by atoms with van der Waals surface area (Å²) in [4.78, 5) is 24.4. The predicted molar refractivity (Wildman–Crippen MR) is 147 cm³/mol. The molecule has 2 heterocycles. The molecule has 0 unspecified atom stereocenters. The van der Waals surface area contributed by atoms with Gasteiger partial charge in [0.1, 0.15) is 21.5 Å². The van der Waals surface area contributed by atoms with Crippen molar-refractivity contribution in [3.05, 3.63) is 69.7 Å². The van der Waals surface area contributed by atoms with Gasteiger partial charge in [-0.25, -0.2) is 0 Å². The van der Waals surface area contributed by atoms with Crippen LogP contribution in [0.3, 0.4) is 0 Å². The van der Waals surface area contributed by atoms with Gasteiger partial charge >= 0.3 is 0 Å². The molecular weight excluding hydrogens is 524 g/mol. The molecule has 38 heavy (non-hydrogen) atoms. The van der Waals surface area contributed by atoms with Gasteiger partial charge in [-0.05, 0) is 48.9 Å². The maximum Gasteiger partial charge on any atom is 0.226 e. The number of rotatable bonds is 13. The van der Waals surface area contributed by atoms with E-state index in [1.54, 1.807) is 36.4 Å². The summed E-state index contributed by atoms with van der Waals surface area (Å²) in [6.45, 7) is 0. The van der Waals surface area contributed by atoms with E-state index in [0.717, 1.165) is 46.8 Å². The minimum atomic E-state index is -0.173. The van der Waals surface area contributed by atoms with Crippen LogP contribution in [0.5, 0.6) is 11.5 Å². The molecule has 0 atom stereocenters. The monoisotopic (exact) mass is 552 g/mol. The molecule has 198 valence electrons. The van der Waals surface area contributed by atoms with Gasteiger partial charge in [-0.3, -0.25) is 9.59 Å². The molecule has 0 saturated heterocycles. The van der Waals surface area contributed by atoms with E-state index in [9.17, 15) is 19.8 Å². The van der Waals surface area contributed by atoms with E-state index in [2.05, 4.69) is 31.0 Å². The van der Waals surface area contributed by atoms with E-state index in [1.807, 2.05) is 12.1 Å². The second-order valence-corrected chi connectivity index (χ2v) is 10.7. The standard InChI is InChI=1S/C26H28N6O4S2/c33-19-9-3-1-7-17(19)13-15-21(35)27-25-31-29-23(37-25)11-5-6-12-24-30-32-26(38-24)28-22(36)16-14-18-8-2-4-10-20(18)34/h1-4,7-10,33-34H,5-6,11-16H2,(H,27,31,35)(H,28,32,36). The molecule has 0 spiro atoms. The molecule has 4 rings (SSSR count). The quantitative estimate of drug-likeness (QED) is 0.177. The Morgan fingerprint density at radius 3 is 1.47 bits per heavy atom. The number of nitrogens with zero attached hydrogens (tertiary/aromatic N) is 4. The maximum absolute atomic E-state index is 12.2. The largest absolute Gasteiger partial charge is 0.508 e. The van der Waals surface area contributed by atoms with Crippen molar-refractivity contribution in [1.82, 2.24) is 20.4 Å². The number of hydrogen-bond donors (Lipinski definition) is 4. The first kappa shape index (κ1) is 27.1. The SMILES string of the molecule is O=C(CCc1ccccc1O)Nc1nnc(CCCCc2nnc(NC(=O)CCc3ccccc3O)s2)s1. The summed E-state index contributed by atoms with van der Waals surface area (Å²) < 4.78 is 0. The lowest BCUT2D eigenvalue weighted by atomic mass is 10.1. The highest BCUT2D eigenvalue weighted by Crippen LogP contribution is 2.22. The second kappa shape index (κ2) is 13.6. The van der Waals surface area contributed by atoms with Crippen LogP contribution in [0.4, 0.5) is 10.3 Å². The summed E-state index contributed by atoms with van der Waals surface area (Å²) in [6.07, 6.45) is 4.59. The van der Waals surface area contributed by atoms with Crippen molar-refractivity contribution in [1.29, 1.82) is 0 Å². The smallest absolute Gasteiger partial charge is 0.226 e. The molecule has 2 aromatic carbocycles. The number of aryl methyl sites for hydroxylation is 4. The number of amides is 2. The van der Waals surface area contributed by atoms with Crippen molar-refractivity contribution in [2.24, 2.45) is 0 Å². The van der Waals surface area contributed by atoms with Crippen LogP contribution in [0.15, 0.2) is 48.5 Å². The summed E-state index contributed by atoms with van der Waals surface area (Å²) in [6, 6.07) is 13.9. The third-order valence-corrected chi connectivity index (χ3v) is 7.48. The molecule has 0 aliphatic carbocycles. The van der Waals surface area contributed by atoms with Crippen molar-refractivity contribution >= 4 is 44.8 Å². The fourth-order valence-electron chi connectivity index (χ4n) is 3.67. The highest BCUT2D eigenvalue weighted by molar-refractivity contribution is 7.15. The molecule has 2 amide bonds. The molecule has 2 aromatic heterocycles. The Morgan fingerprint density at radius 1 is 0.632 bits per heavy atom. The number of benzene rings is 2. The molecule has 0 radical (unpaired) electrons. The molecule has 0 bridgehead atoms. The molecule has 4 aromatic rings. The van der Waals surface area contributed by atoms with Crippen molar-refractivity contribution in [3.63, 3.8) is 0 Å². The van der Waals surface area contributed by atoms with Gasteiger partial charge < -0.3 is 20.8 Å². The number of phenolic OH excluding ortho intramolecular Hbond substituents is 2. The average Bonchev–Trinajstić information content (AvgIpc) is 3.55. The van der Waals surface area contributed by atoms with Gasteiger partial charge in [-0.15, -0.1) is 20.4 Å². The number of carbonyl (C=O) groups is 2. The highest BCUT2D eigenvalue weighted by atomic mass is 32.1. The fourth-order valence-corrected chi connectivity index (χ4v) is 5.26. The van der Waals surface area contributed by atoms with E-state index in [4.69, 9.17) is 0 Å². The van der Waals surface area contributed by atoms with Crippen LogP contribution < -0.4 is 10.6 Å². The van der Waals surface area contributed by atoms with Crippen molar-refractivity contribution in [3.8, 4) is 11.5 Å². The fraction of sp³-hybridized carbons (Fsp3) is 0.308. The third-order valence-electron chi connectivity index (χ3n) is 5.68. The third kappa shape index (κ3) is 8.32. The Balaban J connectivity index is 1.12. The molecule has 0 aliphatic rings. The Kier molecular flexibility index (Phi) is 9.71. The van der Waals surface area contributed by atoms with Crippen LogP contribution in [0.1, 0.15) is 46.8 Å². The number of aromatic hydroxyl groups is 2. The van der Waals surface area contributed by atoms with Crippen LogP contribution >= 0.6 is 22.7 Å². The maximum atomic E-state index is 12.2. The van der Waals surface area contributed by atoms with E-state index in [0.29, 0.717) is 23.1 Å². The summed E-state index contributed by atoms with van der Waals surface area (Å²) >= 11 is 2.71.